The van der Waals surface area contributed by atoms with Gasteiger partial charge >= 0.3 is 0 Å². The number of hydrogen-bond donors (Lipinski definition) is 2. The van der Waals surface area contributed by atoms with Crippen LogP contribution >= 0.6 is 0 Å². The molecule has 2 N–H and O–H groups in total. The Morgan fingerprint density at radius 3 is 2.61 bits per heavy atom. The van der Waals surface area contributed by atoms with E-state index in [2.05, 4.69) is 20.4 Å². The van der Waals surface area contributed by atoms with Gasteiger partial charge in [-0.25, -0.2) is 14.1 Å². The second-order valence-electron chi connectivity index (χ2n) is 10.2. The van der Waals surface area contributed by atoms with Gasteiger partial charge in [0.1, 0.15) is 17.5 Å². The molecular formula is C27H28FN7O3. The van der Waals surface area contributed by atoms with E-state index in [1.165, 1.54) is 33.9 Å². The molecule has 1 saturated carbocycles. The van der Waals surface area contributed by atoms with Crippen molar-refractivity contribution in [2.45, 2.75) is 43.9 Å². The molecule has 0 radical (unpaired) electrons. The van der Waals surface area contributed by atoms with E-state index < -0.39 is 5.60 Å². The third-order valence-electron chi connectivity index (χ3n) is 7.62. The van der Waals surface area contributed by atoms with Gasteiger partial charge in [-0.2, -0.15) is 5.10 Å². The largest absolute Gasteiger partial charge is 0.388 e. The molecule has 0 atom stereocenters. The number of hydrogen-bond acceptors (Lipinski definition) is 7. The molecule has 1 amide bonds. The Morgan fingerprint density at radius 1 is 1.13 bits per heavy atom. The number of aliphatic hydroxyl groups is 1. The van der Waals surface area contributed by atoms with E-state index in [1.54, 1.807) is 24.5 Å². The van der Waals surface area contributed by atoms with Crippen LogP contribution in [0.1, 0.15) is 25.7 Å². The van der Waals surface area contributed by atoms with Crippen LogP contribution in [0, 0.1) is 11.7 Å². The Kier molecular flexibility index (Phi) is 6.15. The number of amides is 1. The summed E-state index contributed by atoms with van der Waals surface area (Å²) in [5, 5.41) is 19.2. The minimum atomic E-state index is -1.12. The van der Waals surface area contributed by atoms with Crippen LogP contribution in [0.4, 0.5) is 10.1 Å². The van der Waals surface area contributed by atoms with Crippen LogP contribution in [0.5, 0.6) is 0 Å². The van der Waals surface area contributed by atoms with Gasteiger partial charge in [-0.05, 0) is 62.1 Å². The maximum atomic E-state index is 13.3. The van der Waals surface area contributed by atoms with E-state index in [9.17, 15) is 19.1 Å². The highest BCUT2D eigenvalue weighted by atomic mass is 19.1. The van der Waals surface area contributed by atoms with Gasteiger partial charge in [0.05, 0.1) is 29.7 Å². The molecule has 1 aliphatic carbocycles. The van der Waals surface area contributed by atoms with E-state index in [1.807, 2.05) is 17.0 Å². The fraction of sp³-hybridized carbons (Fsp3) is 0.370. The fourth-order valence-corrected chi connectivity index (χ4v) is 5.33. The Morgan fingerprint density at radius 2 is 1.89 bits per heavy atom. The molecular weight excluding hydrogens is 489 g/mol. The van der Waals surface area contributed by atoms with Gasteiger partial charge in [-0.1, -0.05) is 0 Å². The molecule has 0 spiro atoms. The van der Waals surface area contributed by atoms with Gasteiger partial charge in [0, 0.05) is 37.4 Å². The van der Waals surface area contributed by atoms with Crippen molar-refractivity contribution in [2.24, 2.45) is 5.92 Å². The highest BCUT2D eigenvalue weighted by molar-refractivity contribution is 5.80. The van der Waals surface area contributed by atoms with Crippen molar-refractivity contribution in [1.82, 2.24) is 29.2 Å². The van der Waals surface area contributed by atoms with Gasteiger partial charge in [0.2, 0.25) is 5.91 Å². The molecule has 4 heterocycles. The number of benzene rings is 1. The van der Waals surface area contributed by atoms with Crippen LogP contribution in [-0.2, 0) is 11.3 Å². The van der Waals surface area contributed by atoms with Gasteiger partial charge in [-0.3, -0.25) is 19.1 Å². The highest BCUT2D eigenvalue weighted by Gasteiger charge is 2.40. The smallest absolute Gasteiger partial charge is 0.264 e. The molecule has 10 nitrogen and oxygen atoms in total. The Bertz CT molecular complexity index is 1510. The summed E-state index contributed by atoms with van der Waals surface area (Å²) in [4.78, 5) is 36.5. The molecule has 2 aliphatic rings. The van der Waals surface area contributed by atoms with Crippen LogP contribution in [0.3, 0.4) is 0 Å². The molecule has 6 rings (SSSR count). The van der Waals surface area contributed by atoms with Crippen LogP contribution in [-0.4, -0.2) is 65.0 Å². The molecule has 3 aromatic heterocycles. The van der Waals surface area contributed by atoms with Crippen molar-refractivity contribution in [1.29, 1.82) is 0 Å². The average molecular weight is 518 g/mol. The summed E-state index contributed by atoms with van der Waals surface area (Å²) in [6, 6.07) is 9.86. The zero-order valence-corrected chi connectivity index (χ0v) is 20.7. The third kappa shape index (κ3) is 4.65. The lowest BCUT2D eigenvalue weighted by Gasteiger charge is -2.42. The summed E-state index contributed by atoms with van der Waals surface area (Å²) < 4.78 is 16.2. The predicted molar refractivity (Wildman–Crippen MR) is 138 cm³/mol. The van der Waals surface area contributed by atoms with E-state index >= 15 is 0 Å². The number of rotatable bonds is 6. The number of piperidine rings is 1. The quantitative estimate of drug-likeness (QED) is 0.403. The third-order valence-corrected chi connectivity index (χ3v) is 7.62. The molecule has 0 unspecified atom stereocenters. The van der Waals surface area contributed by atoms with Crippen molar-refractivity contribution in [3.05, 3.63) is 77.5 Å². The molecule has 196 valence electrons. The first-order valence-electron chi connectivity index (χ1n) is 12.8. The predicted octanol–water partition coefficient (Wildman–Crippen LogP) is 2.36. The highest BCUT2D eigenvalue weighted by Crippen LogP contribution is 2.33. The molecule has 11 heteroatoms. The first-order chi connectivity index (χ1) is 18.4. The SMILES string of the molecule is O=c1c2cnn(-c3ccc(F)cc3)c2ncn1CC1(O)CCN(C(=O)[C@H]2C[C@@H](Nc3cccnc3)C2)CC1. The standard InChI is InChI=1S/C27H28FN7O3/c28-19-3-5-22(6-4-19)35-24-23(15-31-35)26(37)34(17-30-24)16-27(38)7-10-33(11-8-27)25(36)18-12-21(13-18)32-20-2-1-9-29-14-20/h1-6,9,14-15,17-18,21,32,38H,7-8,10-13,16H2/t18-,21+. The lowest BCUT2D eigenvalue weighted by Crippen LogP contribution is -2.53. The minimum Gasteiger partial charge on any atom is -0.388 e. The number of carbonyl (C=O) groups is 1. The van der Waals surface area contributed by atoms with Gasteiger partial charge in [0.25, 0.3) is 5.56 Å². The van der Waals surface area contributed by atoms with Gasteiger partial charge in [0.15, 0.2) is 5.65 Å². The summed E-state index contributed by atoms with van der Waals surface area (Å²) in [5.74, 6) is -0.247. The number of halogens is 1. The van der Waals surface area contributed by atoms with Crippen LogP contribution < -0.4 is 10.9 Å². The summed E-state index contributed by atoms with van der Waals surface area (Å²) in [6.45, 7) is 0.970. The monoisotopic (exact) mass is 517 g/mol. The lowest BCUT2D eigenvalue weighted by molar-refractivity contribution is -0.143. The second kappa shape index (κ2) is 9.64. The number of carbonyl (C=O) groups excluding carboxylic acids is 1. The molecule has 4 aromatic rings. The topological polar surface area (TPSA) is 118 Å². The molecule has 0 bridgehead atoms. The molecule has 1 aliphatic heterocycles. The Hall–Kier alpha value is -4.12. The maximum absolute atomic E-state index is 13.3. The van der Waals surface area contributed by atoms with Crippen molar-refractivity contribution < 1.29 is 14.3 Å². The van der Waals surface area contributed by atoms with Crippen molar-refractivity contribution in [2.75, 3.05) is 18.4 Å². The molecule has 38 heavy (non-hydrogen) atoms. The number of anilines is 1. The zero-order valence-electron chi connectivity index (χ0n) is 20.7. The molecule has 1 aromatic carbocycles. The number of nitrogens with one attached hydrogen (secondary N) is 1. The van der Waals surface area contributed by atoms with Gasteiger partial charge < -0.3 is 15.3 Å². The van der Waals surface area contributed by atoms with Crippen LogP contribution in [0.25, 0.3) is 16.7 Å². The molecule has 2 fully saturated rings. The molecule has 1 saturated heterocycles. The summed E-state index contributed by atoms with van der Waals surface area (Å²) in [6.07, 6.45) is 8.66. The summed E-state index contributed by atoms with van der Waals surface area (Å²) in [5.41, 5.74) is 0.482. The first-order valence-corrected chi connectivity index (χ1v) is 12.8. The minimum absolute atomic E-state index is 0.0118. The first kappa shape index (κ1) is 24.2. The van der Waals surface area contributed by atoms with E-state index in [0.717, 1.165) is 18.5 Å². The summed E-state index contributed by atoms with van der Waals surface area (Å²) >= 11 is 0. The summed E-state index contributed by atoms with van der Waals surface area (Å²) in [7, 11) is 0. The van der Waals surface area contributed by atoms with Crippen LogP contribution in [0.2, 0.25) is 0 Å². The number of aromatic nitrogens is 5. The number of nitrogens with zero attached hydrogens (tertiary/aromatic N) is 6. The van der Waals surface area contributed by atoms with Crippen molar-refractivity contribution in [3.8, 4) is 5.69 Å². The van der Waals surface area contributed by atoms with Crippen molar-refractivity contribution >= 4 is 22.6 Å². The fourth-order valence-electron chi connectivity index (χ4n) is 5.33. The Balaban J connectivity index is 1.07. The lowest BCUT2D eigenvalue weighted by atomic mass is 9.78. The van der Waals surface area contributed by atoms with Gasteiger partial charge in [-0.15, -0.1) is 0 Å². The zero-order chi connectivity index (χ0) is 26.3. The number of likely N-dealkylation sites (tertiary alicyclic amines) is 1. The number of pyridine rings is 1. The van der Waals surface area contributed by atoms with E-state index in [4.69, 9.17) is 0 Å². The second-order valence-corrected chi connectivity index (χ2v) is 10.2. The van der Waals surface area contributed by atoms with Crippen LogP contribution in [0.15, 0.2) is 66.1 Å². The number of fused-ring (bicyclic) bond motifs is 1. The average Bonchev–Trinajstić information content (AvgIpc) is 3.34. The van der Waals surface area contributed by atoms with E-state index in [-0.39, 0.29) is 35.8 Å². The van der Waals surface area contributed by atoms with E-state index in [0.29, 0.717) is 42.7 Å². The van der Waals surface area contributed by atoms with Crippen molar-refractivity contribution in [3.63, 3.8) is 0 Å². The Labute approximate surface area is 217 Å². The maximum Gasteiger partial charge on any atom is 0.264 e. The normalized spacial score (nSPS) is 20.7.